The van der Waals surface area contributed by atoms with Crippen LogP contribution in [0, 0.1) is 37.9 Å². The number of allylic oxidation sites excluding steroid dienone is 6. The summed E-state index contributed by atoms with van der Waals surface area (Å²) >= 11 is 0. The third-order valence-electron chi connectivity index (χ3n) is 9.90. The third-order valence-corrected chi connectivity index (χ3v) is 11.1. The maximum absolute atomic E-state index is 13.7. The van der Waals surface area contributed by atoms with E-state index in [0.717, 1.165) is 0 Å². The van der Waals surface area contributed by atoms with Crippen molar-refractivity contribution in [2.45, 2.75) is 102 Å². The van der Waals surface area contributed by atoms with Crippen LogP contribution in [0.15, 0.2) is 47.6 Å². The van der Waals surface area contributed by atoms with Crippen molar-refractivity contribution in [1.29, 1.82) is 0 Å². The van der Waals surface area contributed by atoms with Gasteiger partial charge in [-0.15, -0.1) is 0 Å². The van der Waals surface area contributed by atoms with Crippen molar-refractivity contribution in [3.05, 3.63) is 47.6 Å². The smallest absolute Gasteiger partial charge is 0.334 e. The molecule has 0 heterocycles. The third kappa shape index (κ3) is 7.77. The van der Waals surface area contributed by atoms with Gasteiger partial charge in [-0.3, -0.25) is 0 Å². The highest BCUT2D eigenvalue weighted by molar-refractivity contribution is 7.53. The van der Waals surface area contributed by atoms with Crippen molar-refractivity contribution < 1.29 is 44.3 Å². The Morgan fingerprint density at radius 3 is 1.05 bits per heavy atom. The number of aliphatic hydroxyl groups excluding tert-OH is 3. The Kier molecular flexibility index (Phi) is 13.5. The minimum absolute atomic E-state index is 0.0580. The van der Waals surface area contributed by atoms with E-state index in [9.17, 15) is 20.4 Å². The molecule has 256 valence electrons. The molecule has 2 aliphatic carbocycles. The van der Waals surface area contributed by atoms with Gasteiger partial charge >= 0.3 is 17.2 Å². The van der Waals surface area contributed by atoms with Gasteiger partial charge in [0, 0.05) is 10.8 Å². The Hall–Kier alpha value is -0.540. The molecule has 0 aliphatic heterocycles. The molecule has 2 atom stereocenters. The molecule has 0 fully saturated rings. The van der Waals surface area contributed by atoms with E-state index in [1.807, 2.05) is 0 Å². The average molecular weight is 663 g/mol. The molecule has 0 saturated heterocycles. The Bertz CT molecular complexity index is 998. The first-order valence-electron chi connectivity index (χ1n) is 15.1. The fourth-order valence-electron chi connectivity index (χ4n) is 7.03. The Labute approximate surface area is 268 Å². The van der Waals surface area contributed by atoms with Gasteiger partial charge in [-0.1, -0.05) is 120 Å². The molecular formula is C33H60O9P2. The second kappa shape index (κ2) is 14.3. The van der Waals surface area contributed by atoms with E-state index < -0.39 is 69.7 Å². The number of rotatable bonds is 8. The zero-order chi connectivity index (χ0) is 34.8. The van der Waals surface area contributed by atoms with Crippen molar-refractivity contribution in [1.82, 2.24) is 0 Å². The van der Waals surface area contributed by atoms with Crippen LogP contribution in [0.5, 0.6) is 0 Å². The Balaban J connectivity index is 0.00000123. The van der Waals surface area contributed by atoms with E-state index in [4.69, 9.17) is 19.6 Å². The van der Waals surface area contributed by atoms with Crippen molar-refractivity contribution >= 4 is 17.2 Å². The molecule has 0 radical (unpaired) electrons. The van der Waals surface area contributed by atoms with Crippen molar-refractivity contribution in [3.8, 4) is 0 Å². The summed E-state index contributed by atoms with van der Waals surface area (Å²) in [6, 6.07) is 0. The van der Waals surface area contributed by atoms with Gasteiger partial charge in [0.1, 0.15) is 0 Å². The molecule has 0 aromatic heterocycles. The number of hydrogen-bond acceptors (Lipinski definition) is 9. The minimum Gasteiger partial charge on any atom is -0.395 e. The van der Waals surface area contributed by atoms with Gasteiger partial charge in [0.05, 0.1) is 30.8 Å². The van der Waals surface area contributed by atoms with Gasteiger partial charge in [0.15, 0.2) is 0 Å². The van der Waals surface area contributed by atoms with Gasteiger partial charge in [0.25, 0.3) is 0 Å². The summed E-state index contributed by atoms with van der Waals surface area (Å²) in [5.41, 5.74) is -3.81. The summed E-state index contributed by atoms with van der Waals surface area (Å²) in [5.74, 6) is 0. The lowest BCUT2D eigenvalue weighted by molar-refractivity contribution is -0.292. The van der Waals surface area contributed by atoms with Crippen LogP contribution in [0.2, 0.25) is 0 Å². The summed E-state index contributed by atoms with van der Waals surface area (Å²) in [5, 5.41) is 46.5. The summed E-state index contributed by atoms with van der Waals surface area (Å²) < 4.78 is 3.60. The molecule has 2 aliphatic rings. The predicted molar refractivity (Wildman–Crippen MR) is 179 cm³/mol. The van der Waals surface area contributed by atoms with Crippen LogP contribution in [0.25, 0.3) is 0 Å². The fraction of sp³-hybridized carbons (Fsp3) is 0.758. The van der Waals surface area contributed by atoms with Crippen molar-refractivity contribution in [2.24, 2.45) is 37.9 Å². The Morgan fingerprint density at radius 2 is 0.909 bits per heavy atom. The first-order chi connectivity index (χ1) is 19.7. The molecule has 0 amide bonds. The van der Waals surface area contributed by atoms with E-state index in [1.54, 1.807) is 0 Å². The summed E-state index contributed by atoms with van der Waals surface area (Å²) in [6.07, 6.45) is 14.0. The maximum atomic E-state index is 13.7. The van der Waals surface area contributed by atoms with Crippen LogP contribution in [0.1, 0.15) is 95.9 Å². The molecule has 0 bridgehead atoms. The molecule has 0 saturated carbocycles. The summed E-state index contributed by atoms with van der Waals surface area (Å²) in [4.78, 5) is 31.3. The van der Waals surface area contributed by atoms with Gasteiger partial charge in [-0.05, 0) is 45.6 Å². The maximum Gasteiger partial charge on any atom is 0.334 e. The van der Waals surface area contributed by atoms with Crippen LogP contribution in [-0.2, 0) is 4.31 Å². The monoisotopic (exact) mass is 662 g/mol. The van der Waals surface area contributed by atoms with E-state index >= 15 is 0 Å². The van der Waals surface area contributed by atoms with Crippen LogP contribution >= 0.6 is 17.2 Å². The highest BCUT2D eigenvalue weighted by Crippen LogP contribution is 2.70. The molecular weight excluding hydrogens is 602 g/mol. The topological polar surface area (TPSA) is 171 Å². The fourth-order valence-corrected chi connectivity index (χ4v) is 7.55. The lowest BCUT2D eigenvalue weighted by Crippen LogP contribution is -2.76. The standard InChI is InChI=1S/C33H56O4.H4O5P2/c1-26(2,3)24-13-17-31(18-14-24,28(7,8)9)33(37,30(21-34,22-35)23-36)32(29(10,11)12)19-15-25(16-20-32)27(4,5)6;1-6(2)5-7(3)4/h13-17,19,34-37H,18,20-23H2,1-12H3;1-4H. The lowest BCUT2D eigenvalue weighted by atomic mass is 9.36. The van der Waals surface area contributed by atoms with Crippen LogP contribution in [0.3, 0.4) is 0 Å². The van der Waals surface area contributed by atoms with Gasteiger partial charge < -0.3 is 40.0 Å². The first kappa shape index (κ1) is 41.5. The molecule has 2 unspecified atom stereocenters. The molecule has 0 aromatic rings. The quantitative estimate of drug-likeness (QED) is 0.144. The largest absolute Gasteiger partial charge is 0.395 e. The van der Waals surface area contributed by atoms with E-state index in [0.29, 0.717) is 12.8 Å². The number of hydrogen-bond donors (Lipinski definition) is 8. The van der Waals surface area contributed by atoms with Gasteiger partial charge in [-0.2, -0.15) is 0 Å². The number of aliphatic hydroxyl groups is 4. The Morgan fingerprint density at radius 1 is 0.614 bits per heavy atom. The minimum atomic E-state index is -2.61. The zero-order valence-electron chi connectivity index (χ0n) is 28.9. The second-order valence-corrected chi connectivity index (χ2v) is 18.1. The van der Waals surface area contributed by atoms with Crippen molar-refractivity contribution in [2.75, 3.05) is 19.8 Å². The molecule has 44 heavy (non-hydrogen) atoms. The van der Waals surface area contributed by atoms with E-state index in [1.165, 1.54) is 11.1 Å². The zero-order valence-corrected chi connectivity index (χ0v) is 30.7. The summed E-state index contributed by atoms with van der Waals surface area (Å²) in [6.45, 7) is 24.2. The van der Waals surface area contributed by atoms with E-state index in [-0.39, 0.29) is 10.8 Å². The van der Waals surface area contributed by atoms with Crippen LogP contribution in [0.4, 0.5) is 0 Å². The van der Waals surface area contributed by atoms with Crippen LogP contribution < -0.4 is 0 Å². The molecule has 2 rings (SSSR count). The highest BCUT2D eigenvalue weighted by Gasteiger charge is 2.74. The normalized spacial score (nSPS) is 25.0. The first-order valence-corrected chi connectivity index (χ1v) is 17.4. The molecule has 11 heteroatoms. The van der Waals surface area contributed by atoms with Crippen LogP contribution in [-0.4, -0.2) is 65.4 Å². The lowest BCUT2D eigenvalue weighted by Gasteiger charge is -2.70. The predicted octanol–water partition coefficient (Wildman–Crippen LogP) is 6.04. The average Bonchev–Trinajstić information content (AvgIpc) is 2.87. The van der Waals surface area contributed by atoms with E-state index in [2.05, 4.69) is 124 Å². The molecule has 0 aromatic carbocycles. The molecule has 9 nitrogen and oxygen atoms in total. The van der Waals surface area contributed by atoms with Crippen molar-refractivity contribution in [3.63, 3.8) is 0 Å². The molecule has 8 N–H and O–H groups in total. The highest BCUT2D eigenvalue weighted by atomic mass is 31.2. The van der Waals surface area contributed by atoms with Gasteiger partial charge in [0.2, 0.25) is 0 Å². The summed E-state index contributed by atoms with van der Waals surface area (Å²) in [7, 11) is -5.22. The van der Waals surface area contributed by atoms with Gasteiger partial charge in [-0.25, -0.2) is 4.31 Å². The second-order valence-electron chi connectivity index (χ2n) is 16.4. The molecule has 0 spiro atoms. The SMILES string of the molecule is CC(C)(C)C1=CCC(C(C)(C)C)(C(O)(C(CO)(CO)CO)C2(C(C)(C)C)C=CC(C(C)(C)C)=CC2)C=C1.OP(O)OP(O)O.